The van der Waals surface area contributed by atoms with Gasteiger partial charge < -0.3 is 15.2 Å². The summed E-state index contributed by atoms with van der Waals surface area (Å²) in [5.41, 5.74) is 4.77. The van der Waals surface area contributed by atoms with Crippen molar-refractivity contribution in [3.05, 3.63) is 77.9 Å². The number of benzene rings is 3. The molecule has 1 heterocycles. The lowest BCUT2D eigenvalue weighted by atomic mass is 10.0. The maximum Gasteiger partial charge on any atom is 0.411 e. The third kappa shape index (κ3) is 3.70. The maximum atomic E-state index is 11.5. The summed E-state index contributed by atoms with van der Waals surface area (Å²) in [6.45, 7) is 2.02. The van der Waals surface area contributed by atoms with Gasteiger partial charge in [-0.2, -0.15) is 0 Å². The van der Waals surface area contributed by atoms with Gasteiger partial charge in [-0.05, 0) is 30.7 Å². The standard InChI is InChI=1S/C23H21N3O3/c1-14-7-5-11-18-20(14)25-19-12-4-3-10-17(19)21(18)26-22(27)15-8-6-9-16(13-15)24-23(28)29-2/h3-13,22,27H,1-2H3,(H,24,28)(H,25,26). The van der Waals surface area contributed by atoms with Crippen LogP contribution in [0.3, 0.4) is 0 Å². The zero-order chi connectivity index (χ0) is 20.4. The van der Waals surface area contributed by atoms with E-state index in [4.69, 9.17) is 4.98 Å². The summed E-state index contributed by atoms with van der Waals surface area (Å²) in [7, 11) is 1.30. The summed E-state index contributed by atoms with van der Waals surface area (Å²) in [6, 6.07) is 20.8. The fourth-order valence-corrected chi connectivity index (χ4v) is 3.39. The van der Waals surface area contributed by atoms with Crippen molar-refractivity contribution in [3.63, 3.8) is 0 Å². The monoisotopic (exact) mass is 387 g/mol. The molecule has 29 heavy (non-hydrogen) atoms. The van der Waals surface area contributed by atoms with Crippen LogP contribution in [0.4, 0.5) is 16.2 Å². The summed E-state index contributed by atoms with van der Waals surface area (Å²) in [4.78, 5) is 16.3. The lowest BCUT2D eigenvalue weighted by Gasteiger charge is -2.19. The first-order chi connectivity index (χ1) is 14.1. The summed E-state index contributed by atoms with van der Waals surface area (Å²) in [5.74, 6) is 0. The van der Waals surface area contributed by atoms with Gasteiger partial charge in [0.2, 0.25) is 0 Å². The maximum absolute atomic E-state index is 11.5. The Morgan fingerprint density at radius 1 is 1.03 bits per heavy atom. The van der Waals surface area contributed by atoms with Crippen molar-refractivity contribution < 1.29 is 14.6 Å². The number of carbonyl (C=O) groups excluding carboxylic acids is 1. The average molecular weight is 387 g/mol. The van der Waals surface area contributed by atoms with Gasteiger partial charge in [0.05, 0.1) is 23.8 Å². The molecule has 6 nitrogen and oxygen atoms in total. The van der Waals surface area contributed by atoms with Gasteiger partial charge in [0.25, 0.3) is 0 Å². The number of aliphatic hydroxyl groups is 1. The molecule has 0 fully saturated rings. The predicted octanol–water partition coefficient (Wildman–Crippen LogP) is 4.98. The molecule has 0 bridgehead atoms. The molecule has 3 N–H and O–H groups in total. The van der Waals surface area contributed by atoms with Crippen molar-refractivity contribution >= 4 is 39.3 Å². The topological polar surface area (TPSA) is 83.5 Å². The van der Waals surface area contributed by atoms with E-state index < -0.39 is 12.3 Å². The Hall–Kier alpha value is -3.64. The Morgan fingerprint density at radius 3 is 2.62 bits per heavy atom. The minimum Gasteiger partial charge on any atom is -0.453 e. The fourth-order valence-electron chi connectivity index (χ4n) is 3.39. The Kier molecular flexibility index (Phi) is 5.01. The van der Waals surface area contributed by atoms with Gasteiger partial charge in [-0.3, -0.25) is 5.32 Å². The number of ether oxygens (including phenoxy) is 1. The van der Waals surface area contributed by atoms with Gasteiger partial charge >= 0.3 is 6.09 Å². The quantitative estimate of drug-likeness (QED) is 0.340. The molecule has 0 radical (unpaired) electrons. The highest BCUT2D eigenvalue weighted by atomic mass is 16.5. The summed E-state index contributed by atoms with van der Waals surface area (Å²) < 4.78 is 4.62. The Balaban J connectivity index is 1.76. The smallest absolute Gasteiger partial charge is 0.411 e. The number of fused-ring (bicyclic) bond motifs is 2. The van der Waals surface area contributed by atoms with Crippen molar-refractivity contribution in [2.45, 2.75) is 13.2 Å². The van der Waals surface area contributed by atoms with Gasteiger partial charge in [-0.15, -0.1) is 0 Å². The van der Waals surface area contributed by atoms with Crippen LogP contribution < -0.4 is 10.6 Å². The number of hydrogen-bond donors (Lipinski definition) is 3. The van der Waals surface area contributed by atoms with E-state index in [2.05, 4.69) is 15.4 Å². The third-order valence-electron chi connectivity index (χ3n) is 4.83. The van der Waals surface area contributed by atoms with Gasteiger partial charge in [0, 0.05) is 22.0 Å². The van der Waals surface area contributed by atoms with Crippen LogP contribution >= 0.6 is 0 Å². The zero-order valence-electron chi connectivity index (χ0n) is 16.1. The van der Waals surface area contributed by atoms with Crippen LogP contribution in [0.15, 0.2) is 66.7 Å². The van der Waals surface area contributed by atoms with E-state index in [-0.39, 0.29) is 0 Å². The Bertz CT molecular complexity index is 1210. The van der Waals surface area contributed by atoms with Crippen LogP contribution in [0.1, 0.15) is 17.4 Å². The van der Waals surface area contributed by atoms with Crippen LogP contribution in [-0.2, 0) is 4.74 Å². The largest absolute Gasteiger partial charge is 0.453 e. The number of para-hydroxylation sites is 2. The Morgan fingerprint density at radius 2 is 1.79 bits per heavy atom. The minimum atomic E-state index is -0.982. The number of aryl methyl sites for hydroxylation is 1. The van der Waals surface area contributed by atoms with E-state index in [1.54, 1.807) is 24.3 Å². The number of amides is 1. The third-order valence-corrected chi connectivity index (χ3v) is 4.83. The highest BCUT2D eigenvalue weighted by Gasteiger charge is 2.15. The normalized spacial score (nSPS) is 12.0. The van der Waals surface area contributed by atoms with Crippen molar-refractivity contribution in [3.8, 4) is 0 Å². The minimum absolute atomic E-state index is 0.537. The second kappa shape index (κ2) is 7.77. The van der Waals surface area contributed by atoms with Crippen LogP contribution in [-0.4, -0.2) is 23.3 Å². The van der Waals surface area contributed by atoms with Crippen LogP contribution in [0, 0.1) is 6.92 Å². The van der Waals surface area contributed by atoms with Crippen LogP contribution in [0.25, 0.3) is 21.8 Å². The molecule has 1 aromatic heterocycles. The first-order valence-corrected chi connectivity index (χ1v) is 9.24. The average Bonchev–Trinajstić information content (AvgIpc) is 2.74. The molecular formula is C23H21N3O3. The fraction of sp³-hybridized carbons (Fsp3) is 0.130. The molecule has 0 aliphatic rings. The zero-order valence-corrected chi connectivity index (χ0v) is 16.1. The van der Waals surface area contributed by atoms with E-state index in [1.165, 1.54) is 7.11 Å². The van der Waals surface area contributed by atoms with E-state index in [0.29, 0.717) is 11.3 Å². The summed E-state index contributed by atoms with van der Waals surface area (Å²) in [6.07, 6.45) is -1.55. The van der Waals surface area contributed by atoms with Gasteiger partial charge in [0.15, 0.2) is 6.23 Å². The molecule has 1 atom stereocenters. The number of nitrogens with zero attached hydrogens (tertiary/aromatic N) is 1. The first kappa shape index (κ1) is 18.7. The number of pyridine rings is 1. The molecule has 0 saturated heterocycles. The van der Waals surface area contributed by atoms with Crippen molar-refractivity contribution in [2.24, 2.45) is 0 Å². The molecule has 4 aromatic rings. The van der Waals surface area contributed by atoms with Crippen LogP contribution in [0.2, 0.25) is 0 Å². The van der Waals surface area contributed by atoms with Gasteiger partial charge in [0.1, 0.15) is 0 Å². The van der Waals surface area contributed by atoms with E-state index in [0.717, 1.165) is 33.1 Å². The van der Waals surface area contributed by atoms with Gasteiger partial charge in [-0.1, -0.05) is 48.5 Å². The number of hydrogen-bond acceptors (Lipinski definition) is 5. The molecule has 0 aliphatic carbocycles. The molecule has 6 heteroatoms. The van der Waals surface area contributed by atoms with Gasteiger partial charge in [-0.25, -0.2) is 9.78 Å². The number of rotatable bonds is 4. The SMILES string of the molecule is COC(=O)Nc1cccc(C(O)Nc2c3ccccc3nc3c(C)cccc23)c1. The lowest BCUT2D eigenvalue weighted by molar-refractivity contribution is 0.187. The molecule has 4 rings (SSSR count). The molecule has 3 aromatic carbocycles. The summed E-state index contributed by atoms with van der Waals surface area (Å²) >= 11 is 0. The highest BCUT2D eigenvalue weighted by Crippen LogP contribution is 2.34. The van der Waals surface area contributed by atoms with E-state index in [9.17, 15) is 9.90 Å². The molecule has 146 valence electrons. The second-order valence-corrected chi connectivity index (χ2v) is 6.76. The molecular weight excluding hydrogens is 366 g/mol. The molecule has 0 saturated carbocycles. The second-order valence-electron chi connectivity index (χ2n) is 6.76. The number of anilines is 2. The number of methoxy groups -OCH3 is 1. The van der Waals surface area contributed by atoms with Crippen molar-refractivity contribution in [1.29, 1.82) is 0 Å². The predicted molar refractivity (Wildman–Crippen MR) is 115 cm³/mol. The van der Waals surface area contributed by atoms with Crippen molar-refractivity contribution in [2.75, 3.05) is 17.7 Å². The lowest BCUT2D eigenvalue weighted by Crippen LogP contribution is -2.13. The number of aliphatic hydroxyl groups excluding tert-OH is 1. The molecule has 1 amide bonds. The molecule has 1 unspecified atom stereocenters. The Labute approximate surface area is 168 Å². The first-order valence-electron chi connectivity index (χ1n) is 9.24. The number of nitrogens with one attached hydrogen (secondary N) is 2. The molecule has 0 aliphatic heterocycles. The number of carbonyl (C=O) groups is 1. The van der Waals surface area contributed by atoms with E-state index in [1.807, 2.05) is 49.4 Å². The number of aromatic nitrogens is 1. The summed E-state index contributed by atoms with van der Waals surface area (Å²) in [5, 5.41) is 18.6. The van der Waals surface area contributed by atoms with Crippen molar-refractivity contribution in [1.82, 2.24) is 4.98 Å². The highest BCUT2D eigenvalue weighted by molar-refractivity contribution is 6.08. The van der Waals surface area contributed by atoms with E-state index >= 15 is 0 Å². The molecule has 0 spiro atoms. The van der Waals surface area contributed by atoms with Crippen LogP contribution in [0.5, 0.6) is 0 Å².